The van der Waals surface area contributed by atoms with Crippen molar-refractivity contribution < 1.29 is 14.3 Å². The van der Waals surface area contributed by atoms with E-state index in [-0.39, 0.29) is 11.9 Å². The standard InChI is InChI=1S/C31H37N3O3/c1-24(25-6-4-3-5-7-25)34(31(35)27-8-9-28-23-37-21-14-26(28)22-27)20-17-32-15-18-33(19-16-32)29-10-12-30(36-2)13-11-29/h3-13,22,24H,14-21,23H2,1-2H3/t24-/m0/s1. The van der Waals surface area contributed by atoms with E-state index in [1.54, 1.807) is 7.11 Å². The van der Waals surface area contributed by atoms with Gasteiger partial charge in [-0.3, -0.25) is 9.69 Å². The van der Waals surface area contributed by atoms with E-state index < -0.39 is 0 Å². The summed E-state index contributed by atoms with van der Waals surface area (Å²) in [7, 11) is 1.70. The summed E-state index contributed by atoms with van der Waals surface area (Å²) in [6, 6.07) is 24.7. The van der Waals surface area contributed by atoms with Crippen LogP contribution in [0.15, 0.2) is 72.8 Å². The molecule has 1 saturated heterocycles. The van der Waals surface area contributed by atoms with E-state index in [0.717, 1.165) is 62.6 Å². The first-order valence-electron chi connectivity index (χ1n) is 13.3. The van der Waals surface area contributed by atoms with E-state index in [2.05, 4.69) is 53.1 Å². The first-order valence-corrected chi connectivity index (χ1v) is 13.3. The Balaban J connectivity index is 1.26. The zero-order valence-electron chi connectivity index (χ0n) is 21.9. The molecule has 0 bridgehead atoms. The second-order valence-electron chi connectivity index (χ2n) is 9.90. The number of piperazine rings is 1. The molecule has 1 amide bonds. The van der Waals surface area contributed by atoms with E-state index in [9.17, 15) is 4.79 Å². The van der Waals surface area contributed by atoms with E-state index in [1.807, 2.05) is 41.3 Å². The first-order chi connectivity index (χ1) is 18.1. The van der Waals surface area contributed by atoms with Gasteiger partial charge >= 0.3 is 0 Å². The van der Waals surface area contributed by atoms with E-state index in [0.29, 0.717) is 13.2 Å². The van der Waals surface area contributed by atoms with E-state index in [4.69, 9.17) is 9.47 Å². The molecule has 0 spiro atoms. The number of benzene rings is 3. The van der Waals surface area contributed by atoms with Gasteiger partial charge in [-0.25, -0.2) is 0 Å². The lowest BCUT2D eigenvalue weighted by atomic mass is 9.99. The molecule has 3 aromatic carbocycles. The molecule has 0 aliphatic carbocycles. The molecule has 2 aliphatic heterocycles. The van der Waals surface area contributed by atoms with Gasteiger partial charge in [-0.2, -0.15) is 0 Å². The number of hydrogen-bond acceptors (Lipinski definition) is 5. The van der Waals surface area contributed by atoms with Crippen molar-refractivity contribution in [1.29, 1.82) is 0 Å². The van der Waals surface area contributed by atoms with Crippen molar-refractivity contribution in [3.05, 3.63) is 95.1 Å². The molecule has 37 heavy (non-hydrogen) atoms. The average molecular weight is 500 g/mol. The Morgan fingerprint density at radius 3 is 2.46 bits per heavy atom. The highest BCUT2D eigenvalue weighted by atomic mass is 16.5. The van der Waals surface area contributed by atoms with Crippen LogP contribution in [0.1, 0.15) is 40.0 Å². The number of carbonyl (C=O) groups is 1. The number of amides is 1. The van der Waals surface area contributed by atoms with Gasteiger partial charge in [-0.05, 0) is 66.4 Å². The summed E-state index contributed by atoms with van der Waals surface area (Å²) in [6.07, 6.45) is 0.864. The van der Waals surface area contributed by atoms with Crippen molar-refractivity contribution in [2.24, 2.45) is 0 Å². The summed E-state index contributed by atoms with van der Waals surface area (Å²) in [4.78, 5) is 20.8. The second-order valence-corrected chi connectivity index (χ2v) is 9.90. The highest BCUT2D eigenvalue weighted by molar-refractivity contribution is 5.94. The third-order valence-electron chi connectivity index (χ3n) is 7.70. The molecule has 2 heterocycles. The third-order valence-corrected chi connectivity index (χ3v) is 7.70. The maximum absolute atomic E-state index is 13.9. The SMILES string of the molecule is COc1ccc(N2CCN(CCN(C(=O)c3ccc4c(c3)CCOC4)[C@@H](C)c3ccccc3)CC2)cc1. The van der Waals surface area contributed by atoms with Crippen LogP contribution in [0.4, 0.5) is 5.69 Å². The molecule has 3 aromatic rings. The number of hydrogen-bond donors (Lipinski definition) is 0. The number of ether oxygens (including phenoxy) is 2. The van der Waals surface area contributed by atoms with Crippen LogP contribution in [0.2, 0.25) is 0 Å². The Bertz CT molecular complexity index is 1170. The zero-order chi connectivity index (χ0) is 25.6. The molecular formula is C31H37N3O3. The molecule has 1 atom stereocenters. The van der Waals surface area contributed by atoms with Gasteiger partial charge in [0.15, 0.2) is 0 Å². The lowest BCUT2D eigenvalue weighted by Crippen LogP contribution is -2.49. The molecule has 2 aliphatic rings. The highest BCUT2D eigenvalue weighted by Gasteiger charge is 2.25. The summed E-state index contributed by atoms with van der Waals surface area (Å²) in [6.45, 7) is 8.95. The van der Waals surface area contributed by atoms with Crippen molar-refractivity contribution in [3.8, 4) is 5.75 Å². The topological polar surface area (TPSA) is 45.2 Å². The predicted octanol–water partition coefficient (Wildman–Crippen LogP) is 4.79. The molecule has 0 aromatic heterocycles. The van der Waals surface area contributed by atoms with Gasteiger partial charge in [0, 0.05) is 50.5 Å². The largest absolute Gasteiger partial charge is 0.497 e. The Labute approximate surface area is 220 Å². The van der Waals surface area contributed by atoms with Gasteiger partial charge in [0.05, 0.1) is 26.4 Å². The van der Waals surface area contributed by atoms with Crippen molar-refractivity contribution in [2.75, 3.05) is 57.9 Å². The molecular weight excluding hydrogens is 462 g/mol. The lowest BCUT2D eigenvalue weighted by molar-refractivity contribution is 0.0661. The maximum Gasteiger partial charge on any atom is 0.254 e. The summed E-state index contributed by atoms with van der Waals surface area (Å²) in [5.41, 5.74) is 5.59. The van der Waals surface area contributed by atoms with Crippen molar-refractivity contribution in [3.63, 3.8) is 0 Å². The Morgan fingerprint density at radius 1 is 0.973 bits per heavy atom. The number of nitrogens with zero attached hydrogens (tertiary/aromatic N) is 3. The van der Waals surface area contributed by atoms with Gasteiger partial charge in [-0.1, -0.05) is 36.4 Å². The minimum Gasteiger partial charge on any atom is -0.497 e. The van der Waals surface area contributed by atoms with Crippen LogP contribution in [0, 0.1) is 0 Å². The summed E-state index contributed by atoms with van der Waals surface area (Å²) >= 11 is 0. The first kappa shape index (κ1) is 25.3. The smallest absolute Gasteiger partial charge is 0.254 e. The minimum absolute atomic E-state index is 0.00588. The van der Waals surface area contributed by atoms with Crippen LogP contribution in [0.5, 0.6) is 5.75 Å². The molecule has 0 unspecified atom stereocenters. The maximum atomic E-state index is 13.9. The van der Waals surface area contributed by atoms with Crippen molar-refractivity contribution in [2.45, 2.75) is 26.0 Å². The van der Waals surface area contributed by atoms with Crippen LogP contribution in [-0.4, -0.2) is 68.7 Å². The Hall–Kier alpha value is -3.35. The van der Waals surface area contributed by atoms with Crippen molar-refractivity contribution >= 4 is 11.6 Å². The fraction of sp³-hybridized carbons (Fsp3) is 0.387. The van der Waals surface area contributed by atoms with Crippen LogP contribution in [0.3, 0.4) is 0 Å². The fourth-order valence-electron chi connectivity index (χ4n) is 5.32. The van der Waals surface area contributed by atoms with Gasteiger partial charge in [0.2, 0.25) is 0 Å². The summed E-state index contributed by atoms with van der Waals surface area (Å²) in [5, 5.41) is 0. The highest BCUT2D eigenvalue weighted by Crippen LogP contribution is 2.25. The average Bonchev–Trinajstić information content (AvgIpc) is 2.97. The molecule has 0 N–H and O–H groups in total. The van der Waals surface area contributed by atoms with Gasteiger partial charge in [0.1, 0.15) is 5.75 Å². The molecule has 1 fully saturated rings. The molecule has 6 nitrogen and oxygen atoms in total. The molecule has 0 radical (unpaired) electrons. The summed E-state index contributed by atoms with van der Waals surface area (Å²) < 4.78 is 10.9. The lowest BCUT2D eigenvalue weighted by Gasteiger charge is -2.38. The fourth-order valence-corrected chi connectivity index (χ4v) is 5.32. The molecule has 5 rings (SSSR count). The van der Waals surface area contributed by atoms with Crippen LogP contribution in [0.25, 0.3) is 0 Å². The van der Waals surface area contributed by atoms with E-state index >= 15 is 0 Å². The zero-order valence-corrected chi connectivity index (χ0v) is 21.9. The Morgan fingerprint density at radius 2 is 1.73 bits per heavy atom. The normalized spacial score (nSPS) is 16.6. The number of carbonyl (C=O) groups excluding carboxylic acids is 1. The predicted molar refractivity (Wildman–Crippen MR) is 147 cm³/mol. The van der Waals surface area contributed by atoms with Crippen LogP contribution < -0.4 is 9.64 Å². The second kappa shape index (κ2) is 11.8. The van der Waals surface area contributed by atoms with Crippen LogP contribution >= 0.6 is 0 Å². The van der Waals surface area contributed by atoms with Gasteiger partial charge < -0.3 is 19.3 Å². The Kier molecular flexibility index (Phi) is 8.07. The monoisotopic (exact) mass is 499 g/mol. The van der Waals surface area contributed by atoms with Gasteiger partial charge in [0.25, 0.3) is 5.91 Å². The molecule has 6 heteroatoms. The van der Waals surface area contributed by atoms with Gasteiger partial charge in [-0.15, -0.1) is 0 Å². The quantitative estimate of drug-likeness (QED) is 0.446. The minimum atomic E-state index is -0.00588. The molecule has 0 saturated carbocycles. The number of fused-ring (bicyclic) bond motifs is 1. The van der Waals surface area contributed by atoms with Crippen molar-refractivity contribution in [1.82, 2.24) is 9.80 Å². The number of methoxy groups -OCH3 is 1. The number of rotatable bonds is 8. The number of anilines is 1. The van der Waals surface area contributed by atoms with E-state index in [1.165, 1.54) is 16.8 Å². The third kappa shape index (κ3) is 5.97. The summed E-state index contributed by atoms with van der Waals surface area (Å²) in [5.74, 6) is 0.981. The molecule has 194 valence electrons. The van der Waals surface area contributed by atoms with Crippen LogP contribution in [-0.2, 0) is 17.8 Å².